The summed E-state index contributed by atoms with van der Waals surface area (Å²) in [5.74, 6) is 1.65. The largest absolute Gasteiger partial charge is 0.368 e. The third-order valence-electron chi connectivity index (χ3n) is 3.38. The number of hydrogen-bond acceptors (Lipinski definition) is 4. The van der Waals surface area contributed by atoms with Gasteiger partial charge in [-0.25, -0.2) is 0 Å². The molecule has 1 rings (SSSR count). The number of nitrogens with two attached hydrogens (primary N) is 1. The lowest BCUT2D eigenvalue weighted by Gasteiger charge is -2.20. The molecule has 0 bridgehead atoms. The molecule has 1 aliphatic heterocycles. The third-order valence-corrected chi connectivity index (χ3v) is 4.48. The summed E-state index contributed by atoms with van der Waals surface area (Å²) >= 11 is 1.72. The lowest BCUT2D eigenvalue weighted by Crippen LogP contribution is -2.43. The molecule has 0 aliphatic carbocycles. The maximum Gasteiger partial charge on any atom is 0.235 e. The minimum absolute atomic E-state index is 0.264. The number of amides is 1. The van der Waals surface area contributed by atoms with Gasteiger partial charge in [-0.2, -0.15) is 11.8 Å². The van der Waals surface area contributed by atoms with Gasteiger partial charge in [-0.05, 0) is 25.1 Å². The lowest BCUT2D eigenvalue weighted by atomic mass is 9.86. The van der Waals surface area contributed by atoms with Crippen molar-refractivity contribution in [3.05, 3.63) is 11.6 Å². The second-order valence-electron chi connectivity index (χ2n) is 6.23. The Bertz CT molecular complexity index is 386. The molecule has 1 atom stereocenters. The van der Waals surface area contributed by atoms with Gasteiger partial charge < -0.3 is 11.1 Å². The van der Waals surface area contributed by atoms with Crippen molar-refractivity contribution in [2.45, 2.75) is 46.1 Å². The van der Waals surface area contributed by atoms with Crippen LogP contribution in [0.2, 0.25) is 0 Å². The molecule has 4 nitrogen and oxygen atoms in total. The number of hydrogen-bond donors (Lipinski definition) is 2. The molecule has 20 heavy (non-hydrogen) atoms. The normalized spacial score (nSPS) is 24.6. The minimum atomic E-state index is -0.298. The summed E-state index contributed by atoms with van der Waals surface area (Å²) < 4.78 is 0. The van der Waals surface area contributed by atoms with Crippen LogP contribution >= 0.6 is 11.8 Å². The summed E-state index contributed by atoms with van der Waals surface area (Å²) in [5, 5.41) is 3.18. The number of Topliss-reactive ketones (excluding diaryl/α,β-unsaturated/α-hetero) is 1. The number of rotatable bonds is 3. The van der Waals surface area contributed by atoms with E-state index in [4.69, 9.17) is 5.73 Å². The summed E-state index contributed by atoms with van der Waals surface area (Å²) in [4.78, 5) is 23.4. The second kappa shape index (κ2) is 7.84. The Kier molecular flexibility index (Phi) is 6.76. The molecular weight excluding hydrogens is 272 g/mol. The molecule has 0 aromatic rings. The molecule has 0 aromatic heterocycles. The molecule has 3 N–H and O–H groups in total. The van der Waals surface area contributed by atoms with Gasteiger partial charge in [0.1, 0.15) is 5.78 Å². The Hall–Kier alpha value is -0.810. The Morgan fingerprint density at radius 2 is 2.15 bits per heavy atom. The topological polar surface area (TPSA) is 72.2 Å². The summed E-state index contributed by atoms with van der Waals surface area (Å²) in [6, 6.07) is -0.266. The Morgan fingerprint density at radius 1 is 1.45 bits per heavy atom. The number of carbonyl (C=O) groups excluding carboxylic acids is 2. The van der Waals surface area contributed by atoms with Crippen molar-refractivity contribution in [2.24, 2.45) is 11.1 Å². The van der Waals surface area contributed by atoms with E-state index in [1.165, 1.54) is 5.57 Å². The van der Waals surface area contributed by atoms with Crippen LogP contribution < -0.4 is 11.1 Å². The van der Waals surface area contributed by atoms with Crippen molar-refractivity contribution in [3.63, 3.8) is 0 Å². The summed E-state index contributed by atoms with van der Waals surface area (Å²) in [6.45, 7) is 6.55. The molecule has 0 saturated heterocycles. The van der Waals surface area contributed by atoms with E-state index in [0.717, 1.165) is 24.3 Å². The fourth-order valence-corrected chi connectivity index (χ4v) is 2.90. The standard InChI is InChI=1S/C15H26N2O2S/c1-15(2,3)13(18)9-11-5-4-8-20-10-12(14(16)19)17-7-6-11/h5,12,17H,4,6-10H2,1-3H3,(H2,16,19)/b11-5+/t12-/m0/s1. The smallest absolute Gasteiger partial charge is 0.235 e. The van der Waals surface area contributed by atoms with E-state index in [-0.39, 0.29) is 23.1 Å². The number of allylic oxidation sites excluding steroid dienone is 1. The first kappa shape index (κ1) is 17.2. The molecule has 0 spiro atoms. The molecule has 1 amide bonds. The molecule has 0 radical (unpaired) electrons. The van der Waals surface area contributed by atoms with Gasteiger partial charge in [-0.1, -0.05) is 32.4 Å². The van der Waals surface area contributed by atoms with Gasteiger partial charge in [-0.3, -0.25) is 9.59 Å². The minimum Gasteiger partial charge on any atom is -0.368 e. The average molecular weight is 298 g/mol. The first-order chi connectivity index (χ1) is 9.30. The quantitative estimate of drug-likeness (QED) is 0.781. The highest BCUT2D eigenvalue weighted by Crippen LogP contribution is 2.22. The van der Waals surface area contributed by atoms with Gasteiger partial charge in [0.15, 0.2) is 0 Å². The molecule has 0 saturated carbocycles. The Morgan fingerprint density at radius 3 is 2.75 bits per heavy atom. The van der Waals surface area contributed by atoms with Crippen LogP contribution in [0.1, 0.15) is 40.0 Å². The zero-order chi connectivity index (χ0) is 15.2. The number of primary amides is 1. The van der Waals surface area contributed by atoms with Crippen molar-refractivity contribution in [1.82, 2.24) is 5.32 Å². The first-order valence-electron chi connectivity index (χ1n) is 7.12. The highest BCUT2D eigenvalue weighted by molar-refractivity contribution is 7.99. The van der Waals surface area contributed by atoms with Crippen LogP contribution in [0.3, 0.4) is 0 Å². The monoisotopic (exact) mass is 298 g/mol. The van der Waals surface area contributed by atoms with Gasteiger partial charge >= 0.3 is 0 Å². The van der Waals surface area contributed by atoms with Crippen molar-refractivity contribution < 1.29 is 9.59 Å². The van der Waals surface area contributed by atoms with Gasteiger partial charge in [0.05, 0.1) is 6.04 Å². The first-order valence-corrected chi connectivity index (χ1v) is 8.28. The van der Waals surface area contributed by atoms with E-state index in [9.17, 15) is 9.59 Å². The predicted octanol–water partition coefficient (Wildman–Crippen LogP) is 1.89. The predicted molar refractivity (Wildman–Crippen MR) is 84.7 cm³/mol. The van der Waals surface area contributed by atoms with Crippen molar-refractivity contribution in [1.29, 1.82) is 0 Å². The van der Waals surface area contributed by atoms with E-state index in [0.29, 0.717) is 13.0 Å². The van der Waals surface area contributed by atoms with Crippen LogP contribution in [-0.4, -0.2) is 35.8 Å². The Balaban J connectivity index is 2.61. The zero-order valence-corrected chi connectivity index (χ0v) is 13.5. The van der Waals surface area contributed by atoms with Crippen LogP contribution in [0, 0.1) is 5.41 Å². The summed E-state index contributed by atoms with van der Waals surface area (Å²) in [5.41, 5.74) is 6.24. The highest BCUT2D eigenvalue weighted by atomic mass is 32.2. The van der Waals surface area contributed by atoms with E-state index in [1.54, 1.807) is 11.8 Å². The molecule has 0 unspecified atom stereocenters. The fraction of sp³-hybridized carbons (Fsp3) is 0.733. The van der Waals surface area contributed by atoms with E-state index < -0.39 is 0 Å². The highest BCUT2D eigenvalue weighted by Gasteiger charge is 2.22. The fourth-order valence-electron chi connectivity index (χ4n) is 1.93. The van der Waals surface area contributed by atoms with E-state index in [2.05, 4.69) is 11.4 Å². The van der Waals surface area contributed by atoms with E-state index in [1.807, 2.05) is 20.8 Å². The molecular formula is C15H26N2O2S. The molecule has 5 heteroatoms. The SMILES string of the molecule is CC(C)(C)C(=O)C/C1=C/CCSC[C@@H](C(N)=O)NCC1. The van der Waals surface area contributed by atoms with Gasteiger partial charge in [0, 0.05) is 17.6 Å². The van der Waals surface area contributed by atoms with Gasteiger partial charge in [-0.15, -0.1) is 0 Å². The molecule has 1 heterocycles. The maximum absolute atomic E-state index is 12.1. The molecule has 114 valence electrons. The van der Waals surface area contributed by atoms with Crippen LogP contribution in [-0.2, 0) is 9.59 Å². The molecule has 0 fully saturated rings. The number of ketones is 1. The van der Waals surface area contributed by atoms with Crippen LogP contribution in [0.5, 0.6) is 0 Å². The second-order valence-corrected chi connectivity index (χ2v) is 7.38. The van der Waals surface area contributed by atoms with Crippen molar-refractivity contribution >= 4 is 23.5 Å². The Labute approximate surface area is 125 Å². The average Bonchev–Trinajstić information content (AvgIpc) is 2.35. The van der Waals surface area contributed by atoms with Crippen LogP contribution in [0.4, 0.5) is 0 Å². The van der Waals surface area contributed by atoms with E-state index >= 15 is 0 Å². The summed E-state index contributed by atoms with van der Waals surface area (Å²) in [7, 11) is 0. The zero-order valence-electron chi connectivity index (χ0n) is 12.7. The maximum atomic E-state index is 12.1. The van der Waals surface area contributed by atoms with Crippen LogP contribution in [0.25, 0.3) is 0 Å². The van der Waals surface area contributed by atoms with Crippen molar-refractivity contribution in [3.8, 4) is 0 Å². The number of thioether (sulfide) groups is 1. The number of carbonyl (C=O) groups is 2. The van der Waals surface area contributed by atoms with Gasteiger partial charge in [0.25, 0.3) is 0 Å². The summed E-state index contributed by atoms with van der Waals surface area (Å²) in [6.07, 6.45) is 4.44. The third kappa shape index (κ3) is 6.09. The van der Waals surface area contributed by atoms with Crippen molar-refractivity contribution in [2.75, 3.05) is 18.1 Å². The van der Waals surface area contributed by atoms with Gasteiger partial charge in [0.2, 0.25) is 5.91 Å². The molecule has 1 aliphatic rings. The van der Waals surface area contributed by atoms with Crippen LogP contribution in [0.15, 0.2) is 11.6 Å². The number of nitrogens with one attached hydrogen (secondary N) is 1. The molecule has 0 aromatic carbocycles. The lowest BCUT2D eigenvalue weighted by molar-refractivity contribution is -0.125.